The number of allylic oxidation sites excluding steroid dienone is 1. The van der Waals surface area contributed by atoms with Crippen LogP contribution in [0.15, 0.2) is 40.5 Å². The van der Waals surface area contributed by atoms with Crippen molar-refractivity contribution in [1.82, 2.24) is 5.32 Å². The Morgan fingerprint density at radius 1 is 1.24 bits per heavy atom. The van der Waals surface area contributed by atoms with Gasteiger partial charge >= 0.3 is 11.9 Å². The highest BCUT2D eigenvalue weighted by Gasteiger charge is 2.42. The van der Waals surface area contributed by atoms with E-state index in [4.69, 9.17) is 9.47 Å². The normalized spacial score (nSPS) is 18.6. The predicted molar refractivity (Wildman–Crippen MR) is 125 cm³/mol. The molecular formula is C24H31N3O7. The number of esters is 2. The van der Waals surface area contributed by atoms with Crippen LogP contribution in [0.2, 0.25) is 0 Å². The topological polar surface area (TPSA) is 137 Å². The lowest BCUT2D eigenvalue weighted by Gasteiger charge is -2.32. The molecule has 34 heavy (non-hydrogen) atoms. The van der Waals surface area contributed by atoms with Crippen molar-refractivity contribution in [2.45, 2.75) is 58.9 Å². The summed E-state index contributed by atoms with van der Waals surface area (Å²) in [4.78, 5) is 54.0. The van der Waals surface area contributed by atoms with E-state index in [-0.39, 0.29) is 17.9 Å². The number of non-ortho nitro benzene ring substituents is 1. The molecule has 2 rings (SSSR count). The van der Waals surface area contributed by atoms with Crippen molar-refractivity contribution in [1.29, 1.82) is 0 Å². The molecule has 1 heterocycles. The minimum atomic E-state index is -0.965. The van der Waals surface area contributed by atoms with Gasteiger partial charge in [-0.3, -0.25) is 24.7 Å². The minimum absolute atomic E-state index is 0.146. The fraction of sp³-hybridized carbons (Fsp3) is 0.500. The maximum atomic E-state index is 13.5. The summed E-state index contributed by atoms with van der Waals surface area (Å²) < 4.78 is 10.1. The zero-order valence-corrected chi connectivity index (χ0v) is 20.1. The first-order valence-electron chi connectivity index (χ1n) is 11.2. The van der Waals surface area contributed by atoms with Crippen LogP contribution in [0.5, 0.6) is 0 Å². The first-order valence-corrected chi connectivity index (χ1v) is 11.2. The third-order valence-corrected chi connectivity index (χ3v) is 5.69. The van der Waals surface area contributed by atoms with Gasteiger partial charge in [-0.25, -0.2) is 4.79 Å². The number of unbranched alkanes of at least 4 members (excludes halogenated alkanes) is 1. The number of aliphatic imine (C=N–C) groups is 1. The van der Waals surface area contributed by atoms with Gasteiger partial charge in [0.1, 0.15) is 12.0 Å². The number of carbonyl (C=O) groups is 3. The van der Waals surface area contributed by atoms with Crippen LogP contribution in [-0.2, 0) is 23.9 Å². The number of nitro benzene ring substituents is 1. The molecule has 1 N–H and O–H groups in total. The number of methoxy groups -OCH3 is 1. The van der Waals surface area contributed by atoms with Crippen LogP contribution >= 0.6 is 0 Å². The van der Waals surface area contributed by atoms with Gasteiger partial charge in [0.25, 0.3) is 5.69 Å². The highest BCUT2D eigenvalue weighted by atomic mass is 16.6. The number of rotatable bonds is 10. The molecule has 0 aliphatic carbocycles. The van der Waals surface area contributed by atoms with Gasteiger partial charge in [-0.05, 0) is 32.8 Å². The molecule has 0 bridgehead atoms. The first-order chi connectivity index (χ1) is 16.2. The zero-order chi connectivity index (χ0) is 25.4. The second kappa shape index (κ2) is 12.1. The van der Waals surface area contributed by atoms with Crippen molar-refractivity contribution in [3.63, 3.8) is 0 Å². The summed E-state index contributed by atoms with van der Waals surface area (Å²) in [5, 5.41) is 14.1. The van der Waals surface area contributed by atoms with Crippen molar-refractivity contribution in [2.75, 3.05) is 13.7 Å². The van der Waals surface area contributed by atoms with Gasteiger partial charge in [0.2, 0.25) is 5.91 Å². The number of benzene rings is 1. The number of hydrogen-bond acceptors (Lipinski definition) is 8. The molecule has 10 nitrogen and oxygen atoms in total. The summed E-state index contributed by atoms with van der Waals surface area (Å²) in [6.07, 6.45) is 1.90. The molecule has 1 aromatic carbocycles. The zero-order valence-electron chi connectivity index (χ0n) is 20.1. The van der Waals surface area contributed by atoms with Gasteiger partial charge in [-0.15, -0.1) is 0 Å². The molecule has 1 amide bonds. The summed E-state index contributed by atoms with van der Waals surface area (Å²) in [6.45, 7) is 7.09. The quantitative estimate of drug-likeness (QED) is 0.312. The molecule has 0 saturated heterocycles. The van der Waals surface area contributed by atoms with E-state index in [1.807, 2.05) is 6.92 Å². The van der Waals surface area contributed by atoms with E-state index in [0.29, 0.717) is 29.8 Å². The average molecular weight is 474 g/mol. The standard InChI is InChI=1S/C24H31N3O7/c1-6-8-12-18(23(29)34-7-2)26-22(28)19-14(3)25-15(4)20(24(30)33-5)21(19)16-10-9-11-17(13-16)27(31)32/h9-11,13,18,20-21H,6-8,12H2,1-5H3,(H,26,28). The van der Waals surface area contributed by atoms with Crippen LogP contribution in [0, 0.1) is 16.0 Å². The number of hydrogen-bond donors (Lipinski definition) is 1. The summed E-state index contributed by atoms with van der Waals surface area (Å²) >= 11 is 0. The molecule has 0 fully saturated rings. The molecule has 1 aliphatic rings. The van der Waals surface area contributed by atoms with E-state index in [1.165, 1.54) is 25.3 Å². The number of carbonyl (C=O) groups excluding carboxylic acids is 3. The van der Waals surface area contributed by atoms with Crippen molar-refractivity contribution in [3.8, 4) is 0 Å². The van der Waals surface area contributed by atoms with E-state index in [9.17, 15) is 24.5 Å². The van der Waals surface area contributed by atoms with Crippen molar-refractivity contribution in [3.05, 3.63) is 51.2 Å². The number of nitrogens with one attached hydrogen (secondary N) is 1. The molecule has 0 spiro atoms. The van der Waals surface area contributed by atoms with Crippen molar-refractivity contribution < 1.29 is 28.8 Å². The Morgan fingerprint density at radius 3 is 2.53 bits per heavy atom. The lowest BCUT2D eigenvalue weighted by molar-refractivity contribution is -0.384. The molecule has 10 heteroatoms. The Morgan fingerprint density at radius 2 is 1.94 bits per heavy atom. The molecule has 3 unspecified atom stereocenters. The van der Waals surface area contributed by atoms with Crippen LogP contribution in [-0.4, -0.2) is 48.2 Å². The summed E-state index contributed by atoms with van der Waals surface area (Å²) in [7, 11) is 1.23. The molecule has 0 saturated carbocycles. The Bertz CT molecular complexity index is 1020. The Balaban J connectivity index is 2.58. The Labute approximate surface area is 198 Å². The van der Waals surface area contributed by atoms with Gasteiger partial charge in [0.05, 0.1) is 18.6 Å². The maximum Gasteiger partial charge on any atom is 0.328 e. The second-order valence-corrected chi connectivity index (χ2v) is 8.00. The van der Waals surface area contributed by atoms with Gasteiger partial charge in [0.15, 0.2) is 0 Å². The number of amides is 1. The van der Waals surface area contributed by atoms with Crippen LogP contribution in [0.3, 0.4) is 0 Å². The fourth-order valence-electron chi connectivity index (χ4n) is 4.09. The molecule has 0 radical (unpaired) electrons. The average Bonchev–Trinajstić information content (AvgIpc) is 2.80. The highest BCUT2D eigenvalue weighted by Crippen LogP contribution is 2.40. The predicted octanol–water partition coefficient (Wildman–Crippen LogP) is 3.45. The Hall–Kier alpha value is -3.56. The lowest BCUT2D eigenvalue weighted by Crippen LogP contribution is -2.45. The SMILES string of the molecule is CCCCC(NC(=O)C1=C(C)N=C(C)C(C(=O)OC)C1c1cccc([N+](=O)[O-])c1)C(=O)OCC. The van der Waals surface area contributed by atoms with E-state index in [1.54, 1.807) is 26.8 Å². The Kier molecular flexibility index (Phi) is 9.47. The van der Waals surface area contributed by atoms with Crippen LogP contribution < -0.4 is 5.32 Å². The number of nitrogens with zero attached hydrogens (tertiary/aromatic N) is 2. The van der Waals surface area contributed by atoms with Gasteiger partial charge in [0, 0.05) is 35.0 Å². The molecule has 1 aromatic rings. The van der Waals surface area contributed by atoms with Crippen LogP contribution in [0.25, 0.3) is 0 Å². The second-order valence-electron chi connectivity index (χ2n) is 8.00. The third kappa shape index (κ3) is 6.06. The summed E-state index contributed by atoms with van der Waals surface area (Å²) in [5.74, 6) is -3.61. The molecule has 3 atom stereocenters. The van der Waals surface area contributed by atoms with Crippen molar-refractivity contribution in [2.24, 2.45) is 10.9 Å². The van der Waals surface area contributed by atoms with Crippen molar-refractivity contribution >= 4 is 29.2 Å². The maximum absolute atomic E-state index is 13.5. The lowest BCUT2D eigenvalue weighted by atomic mass is 9.75. The fourth-order valence-corrected chi connectivity index (χ4v) is 4.09. The van der Waals surface area contributed by atoms with E-state index < -0.39 is 40.6 Å². The van der Waals surface area contributed by atoms with Gasteiger partial charge in [-0.2, -0.15) is 0 Å². The molecule has 0 aromatic heterocycles. The van der Waals surface area contributed by atoms with Gasteiger partial charge in [-0.1, -0.05) is 31.9 Å². The largest absolute Gasteiger partial charge is 0.468 e. The number of nitro groups is 1. The monoisotopic (exact) mass is 473 g/mol. The van der Waals surface area contributed by atoms with E-state index >= 15 is 0 Å². The first kappa shape index (κ1) is 26.7. The van der Waals surface area contributed by atoms with Crippen LogP contribution in [0.4, 0.5) is 5.69 Å². The molecule has 184 valence electrons. The minimum Gasteiger partial charge on any atom is -0.468 e. The number of ether oxygens (including phenoxy) is 2. The van der Waals surface area contributed by atoms with Crippen LogP contribution in [0.1, 0.15) is 58.4 Å². The third-order valence-electron chi connectivity index (χ3n) is 5.69. The van der Waals surface area contributed by atoms with E-state index in [0.717, 1.165) is 6.42 Å². The van der Waals surface area contributed by atoms with E-state index in [2.05, 4.69) is 10.3 Å². The molecular weight excluding hydrogens is 442 g/mol. The summed E-state index contributed by atoms with van der Waals surface area (Å²) in [5.41, 5.74) is 1.14. The summed E-state index contributed by atoms with van der Waals surface area (Å²) in [6, 6.07) is 4.91. The highest BCUT2D eigenvalue weighted by molar-refractivity contribution is 6.08. The molecule has 1 aliphatic heterocycles. The smallest absolute Gasteiger partial charge is 0.328 e. The van der Waals surface area contributed by atoms with Gasteiger partial charge < -0.3 is 14.8 Å².